The van der Waals surface area contributed by atoms with Crippen molar-refractivity contribution in [1.82, 2.24) is 20.4 Å². The molecule has 1 aromatic carbocycles. The van der Waals surface area contributed by atoms with E-state index in [-0.39, 0.29) is 35.9 Å². The Hall–Kier alpha value is -1.75. The molecule has 8 nitrogen and oxygen atoms in total. The summed E-state index contributed by atoms with van der Waals surface area (Å²) < 4.78 is 5.53. The smallest absolute Gasteiger partial charge is 0.239 e. The summed E-state index contributed by atoms with van der Waals surface area (Å²) in [7, 11) is 5.41. The second-order valence-corrected chi connectivity index (χ2v) is 8.79. The standard InChI is InChI=1S/C24H40N6O2.HI/c1-5-25-24(26-14-9-16-29-15-8-11-21(29)23(31)28(2)3)27-19-13-17-30(18-19)20-10-6-7-12-22(20)32-4;/h6-7,10,12,19,21H,5,8-9,11,13-18H2,1-4H3,(H2,25,26,27);1H. The number of halogens is 1. The van der Waals surface area contributed by atoms with Gasteiger partial charge in [-0.1, -0.05) is 12.1 Å². The molecule has 0 spiro atoms. The third kappa shape index (κ3) is 7.63. The van der Waals surface area contributed by atoms with Crippen molar-refractivity contribution >= 4 is 41.5 Å². The summed E-state index contributed by atoms with van der Waals surface area (Å²) in [4.78, 5) is 23.6. The topological polar surface area (TPSA) is 72.4 Å². The van der Waals surface area contributed by atoms with Crippen LogP contribution in [0.3, 0.4) is 0 Å². The van der Waals surface area contributed by atoms with Crippen LogP contribution in [0.4, 0.5) is 5.69 Å². The summed E-state index contributed by atoms with van der Waals surface area (Å²) in [6.45, 7) is 7.51. The number of guanidine groups is 1. The summed E-state index contributed by atoms with van der Waals surface area (Å²) in [5, 5.41) is 6.98. The van der Waals surface area contributed by atoms with E-state index >= 15 is 0 Å². The Morgan fingerprint density at radius 2 is 2.03 bits per heavy atom. The molecule has 9 heteroatoms. The molecule has 2 N–H and O–H groups in total. The van der Waals surface area contributed by atoms with Gasteiger partial charge in [-0.2, -0.15) is 0 Å². The number of likely N-dealkylation sites (tertiary alicyclic amines) is 1. The predicted octanol–water partition coefficient (Wildman–Crippen LogP) is 2.39. The zero-order valence-electron chi connectivity index (χ0n) is 20.5. The number of anilines is 1. The minimum absolute atomic E-state index is 0. The Balaban J connectivity index is 0.00000385. The number of para-hydroxylation sites is 2. The number of nitrogens with one attached hydrogen (secondary N) is 2. The van der Waals surface area contributed by atoms with Crippen molar-refractivity contribution in [2.75, 3.05) is 65.4 Å². The normalized spacial score (nSPS) is 21.0. The van der Waals surface area contributed by atoms with E-state index in [0.717, 1.165) is 82.3 Å². The van der Waals surface area contributed by atoms with Crippen LogP contribution in [-0.4, -0.2) is 94.2 Å². The molecule has 0 aromatic heterocycles. The maximum absolute atomic E-state index is 12.4. The quantitative estimate of drug-likeness (QED) is 0.205. The highest BCUT2D eigenvalue weighted by Gasteiger charge is 2.31. The highest BCUT2D eigenvalue weighted by atomic mass is 127. The number of carbonyl (C=O) groups excluding carboxylic acids is 1. The van der Waals surface area contributed by atoms with Gasteiger partial charge in [0.2, 0.25) is 5.91 Å². The predicted molar refractivity (Wildman–Crippen MR) is 146 cm³/mol. The van der Waals surface area contributed by atoms with E-state index < -0.39 is 0 Å². The summed E-state index contributed by atoms with van der Waals surface area (Å²) in [6.07, 6.45) is 4.08. The molecule has 0 saturated carbocycles. The lowest BCUT2D eigenvalue weighted by atomic mass is 10.2. The molecule has 0 bridgehead atoms. The van der Waals surface area contributed by atoms with Gasteiger partial charge in [0.1, 0.15) is 5.75 Å². The van der Waals surface area contributed by atoms with Crippen molar-refractivity contribution in [2.24, 2.45) is 4.99 Å². The van der Waals surface area contributed by atoms with Crippen molar-refractivity contribution in [1.29, 1.82) is 0 Å². The Bertz CT molecular complexity index is 775. The van der Waals surface area contributed by atoms with Crippen LogP contribution in [0.15, 0.2) is 29.3 Å². The van der Waals surface area contributed by atoms with Crippen molar-refractivity contribution < 1.29 is 9.53 Å². The summed E-state index contributed by atoms with van der Waals surface area (Å²) in [5.41, 5.74) is 1.15. The Labute approximate surface area is 216 Å². The van der Waals surface area contributed by atoms with E-state index in [1.165, 1.54) is 0 Å². The average molecular weight is 573 g/mol. The van der Waals surface area contributed by atoms with Crippen molar-refractivity contribution in [3.8, 4) is 5.75 Å². The van der Waals surface area contributed by atoms with Crippen LogP contribution >= 0.6 is 24.0 Å². The number of methoxy groups -OCH3 is 1. The maximum atomic E-state index is 12.4. The first-order valence-corrected chi connectivity index (χ1v) is 11.9. The number of aliphatic imine (C=N–C) groups is 1. The minimum atomic E-state index is 0. The van der Waals surface area contributed by atoms with Crippen molar-refractivity contribution in [3.05, 3.63) is 24.3 Å². The van der Waals surface area contributed by atoms with Gasteiger partial charge < -0.3 is 25.2 Å². The van der Waals surface area contributed by atoms with Crippen LogP contribution < -0.4 is 20.3 Å². The lowest BCUT2D eigenvalue weighted by molar-refractivity contribution is -0.133. The van der Waals surface area contributed by atoms with Crippen molar-refractivity contribution in [3.63, 3.8) is 0 Å². The van der Waals surface area contributed by atoms with E-state index in [2.05, 4.69) is 39.5 Å². The summed E-state index contributed by atoms with van der Waals surface area (Å²) in [5.74, 6) is 2.02. The van der Waals surface area contributed by atoms with E-state index in [1.54, 1.807) is 12.0 Å². The molecule has 2 heterocycles. The van der Waals surface area contributed by atoms with Crippen molar-refractivity contribution in [2.45, 2.75) is 44.7 Å². The van der Waals surface area contributed by atoms with E-state index in [4.69, 9.17) is 9.73 Å². The van der Waals surface area contributed by atoms with E-state index in [1.807, 2.05) is 26.2 Å². The van der Waals surface area contributed by atoms with E-state index in [9.17, 15) is 4.79 Å². The largest absolute Gasteiger partial charge is 0.495 e. The number of carbonyl (C=O) groups is 1. The van der Waals surface area contributed by atoms with Crippen LogP contribution in [0.1, 0.15) is 32.6 Å². The van der Waals surface area contributed by atoms with Gasteiger partial charge in [-0.3, -0.25) is 14.7 Å². The number of nitrogens with zero attached hydrogens (tertiary/aromatic N) is 4. The second-order valence-electron chi connectivity index (χ2n) is 8.79. The third-order valence-electron chi connectivity index (χ3n) is 6.26. The molecule has 2 unspecified atom stereocenters. The average Bonchev–Trinajstić information content (AvgIpc) is 3.45. The molecule has 33 heavy (non-hydrogen) atoms. The zero-order valence-corrected chi connectivity index (χ0v) is 22.9. The maximum Gasteiger partial charge on any atom is 0.239 e. The highest BCUT2D eigenvalue weighted by molar-refractivity contribution is 14.0. The SMILES string of the molecule is CCNC(=NCCCN1CCCC1C(=O)N(C)C)NC1CCN(c2ccccc2OC)C1.I. The minimum Gasteiger partial charge on any atom is -0.495 e. The second kappa shape index (κ2) is 13.8. The van der Waals surface area contributed by atoms with Crippen LogP contribution in [0.25, 0.3) is 0 Å². The number of rotatable bonds is 9. The Morgan fingerprint density at radius 3 is 2.76 bits per heavy atom. The van der Waals surface area contributed by atoms with Gasteiger partial charge in [0.05, 0.1) is 18.8 Å². The number of benzene rings is 1. The molecule has 3 rings (SSSR count). The Kier molecular flexibility index (Phi) is 11.5. The lowest BCUT2D eigenvalue weighted by Gasteiger charge is -2.25. The van der Waals surface area contributed by atoms with E-state index in [0.29, 0.717) is 6.04 Å². The van der Waals surface area contributed by atoms with Gasteiger partial charge in [0.25, 0.3) is 0 Å². The molecule has 0 aliphatic carbocycles. The fourth-order valence-corrected chi connectivity index (χ4v) is 4.64. The van der Waals surface area contributed by atoms with Gasteiger partial charge >= 0.3 is 0 Å². The summed E-state index contributed by atoms with van der Waals surface area (Å²) >= 11 is 0. The van der Waals surface area contributed by atoms with Gasteiger partial charge in [0, 0.05) is 52.9 Å². The zero-order chi connectivity index (χ0) is 22.9. The molecule has 2 atom stereocenters. The number of ether oxygens (including phenoxy) is 1. The first-order chi connectivity index (χ1) is 15.5. The molecule has 1 amide bonds. The van der Waals surface area contributed by atoms with Gasteiger partial charge in [-0.15, -0.1) is 24.0 Å². The van der Waals surface area contributed by atoms with Crippen LogP contribution in [0, 0.1) is 0 Å². The summed E-state index contributed by atoms with van der Waals surface area (Å²) in [6, 6.07) is 8.58. The van der Waals surface area contributed by atoms with Gasteiger partial charge in [-0.25, -0.2) is 0 Å². The van der Waals surface area contributed by atoms with Crippen LogP contribution in [0.2, 0.25) is 0 Å². The van der Waals surface area contributed by atoms with Crippen LogP contribution in [-0.2, 0) is 4.79 Å². The first kappa shape index (κ1) is 27.5. The molecule has 2 fully saturated rings. The monoisotopic (exact) mass is 572 g/mol. The van der Waals surface area contributed by atoms with Crippen LogP contribution in [0.5, 0.6) is 5.75 Å². The lowest BCUT2D eigenvalue weighted by Crippen LogP contribution is -2.45. The third-order valence-corrected chi connectivity index (χ3v) is 6.26. The van der Waals surface area contributed by atoms with Gasteiger partial charge in [0.15, 0.2) is 5.96 Å². The number of hydrogen-bond acceptors (Lipinski definition) is 5. The molecule has 2 saturated heterocycles. The number of amides is 1. The fraction of sp³-hybridized carbons (Fsp3) is 0.667. The molecular weight excluding hydrogens is 531 g/mol. The molecular formula is C24H41IN6O2. The highest BCUT2D eigenvalue weighted by Crippen LogP contribution is 2.30. The molecule has 2 aliphatic rings. The molecule has 186 valence electrons. The Morgan fingerprint density at radius 1 is 1.24 bits per heavy atom. The van der Waals surface area contributed by atoms with Gasteiger partial charge in [-0.05, 0) is 51.3 Å². The number of hydrogen-bond donors (Lipinski definition) is 2. The fourth-order valence-electron chi connectivity index (χ4n) is 4.64. The molecule has 2 aliphatic heterocycles. The number of likely N-dealkylation sites (N-methyl/N-ethyl adjacent to an activating group) is 1. The molecule has 0 radical (unpaired) electrons. The first-order valence-electron chi connectivity index (χ1n) is 11.9. The molecule has 1 aromatic rings.